The van der Waals surface area contributed by atoms with Crippen molar-refractivity contribution in [1.29, 1.82) is 0 Å². The average molecular weight is 339 g/mol. The molecule has 0 saturated carbocycles. The number of halogens is 1. The normalized spacial score (nSPS) is 21.5. The summed E-state index contributed by atoms with van der Waals surface area (Å²) in [7, 11) is 0. The van der Waals surface area contributed by atoms with Gasteiger partial charge in [-0.2, -0.15) is 0 Å². The number of benzene rings is 1. The molecule has 2 aliphatic heterocycles. The molecule has 1 aromatic rings. The summed E-state index contributed by atoms with van der Waals surface area (Å²) in [6.07, 6.45) is 5.53. The zero-order valence-electron chi connectivity index (χ0n) is 13.7. The molecule has 128 valence electrons. The summed E-state index contributed by atoms with van der Waals surface area (Å²) in [6.45, 7) is 4.88. The quantitative estimate of drug-likeness (QED) is 0.866. The van der Waals surface area contributed by atoms with Crippen molar-refractivity contribution in [3.05, 3.63) is 28.8 Å². The zero-order chi connectivity index (χ0) is 16.1. The highest BCUT2D eigenvalue weighted by molar-refractivity contribution is 6.32. The van der Waals surface area contributed by atoms with E-state index in [0.717, 1.165) is 44.8 Å². The first-order chi connectivity index (χ1) is 11.2. The second-order valence-electron chi connectivity index (χ2n) is 6.67. The predicted molar refractivity (Wildman–Crippen MR) is 93.3 cm³/mol. The molecule has 4 nitrogen and oxygen atoms in total. The number of rotatable bonds is 6. The molecule has 1 unspecified atom stereocenters. The van der Waals surface area contributed by atoms with Gasteiger partial charge >= 0.3 is 0 Å². The van der Waals surface area contributed by atoms with E-state index in [1.54, 1.807) is 0 Å². The molecule has 0 bridgehead atoms. The maximum absolute atomic E-state index is 6.39. The van der Waals surface area contributed by atoms with Crippen molar-refractivity contribution < 1.29 is 9.47 Å². The van der Waals surface area contributed by atoms with Crippen LogP contribution in [0.2, 0.25) is 5.02 Å². The molecule has 5 heteroatoms. The van der Waals surface area contributed by atoms with Gasteiger partial charge in [0.2, 0.25) is 0 Å². The zero-order valence-corrected chi connectivity index (χ0v) is 14.4. The van der Waals surface area contributed by atoms with E-state index in [1.807, 2.05) is 12.1 Å². The minimum atomic E-state index is 0.159. The molecule has 2 saturated heterocycles. The molecule has 1 aromatic carbocycles. The van der Waals surface area contributed by atoms with Crippen molar-refractivity contribution in [2.45, 2.75) is 44.2 Å². The first kappa shape index (κ1) is 17.0. The van der Waals surface area contributed by atoms with Crippen LogP contribution in [0.5, 0.6) is 5.75 Å². The third kappa shape index (κ3) is 5.08. The number of likely N-dealkylation sites (tertiary alicyclic amines) is 1. The lowest BCUT2D eigenvalue weighted by Crippen LogP contribution is -2.37. The molecule has 0 aliphatic carbocycles. The molecule has 2 heterocycles. The Morgan fingerprint density at radius 1 is 1.26 bits per heavy atom. The van der Waals surface area contributed by atoms with E-state index in [-0.39, 0.29) is 12.1 Å². The summed E-state index contributed by atoms with van der Waals surface area (Å²) < 4.78 is 11.4. The Balaban J connectivity index is 1.53. The summed E-state index contributed by atoms with van der Waals surface area (Å²) in [5.74, 6) is 0.774. The summed E-state index contributed by atoms with van der Waals surface area (Å²) in [5.41, 5.74) is 7.47. The van der Waals surface area contributed by atoms with Gasteiger partial charge in [0.1, 0.15) is 11.9 Å². The second kappa shape index (κ2) is 8.34. The van der Waals surface area contributed by atoms with Crippen LogP contribution in [0.1, 0.15) is 31.2 Å². The molecule has 0 spiro atoms. The fourth-order valence-corrected chi connectivity index (χ4v) is 3.65. The smallest absolute Gasteiger partial charge is 0.138 e. The van der Waals surface area contributed by atoms with Gasteiger partial charge < -0.3 is 20.1 Å². The highest BCUT2D eigenvalue weighted by Crippen LogP contribution is 2.28. The van der Waals surface area contributed by atoms with E-state index in [4.69, 9.17) is 26.8 Å². The van der Waals surface area contributed by atoms with Crippen molar-refractivity contribution in [3.8, 4) is 5.75 Å². The van der Waals surface area contributed by atoms with Crippen molar-refractivity contribution in [1.82, 2.24) is 4.90 Å². The molecular formula is C18H27ClN2O2. The lowest BCUT2D eigenvalue weighted by molar-refractivity contribution is 0.0256. The fraction of sp³-hybridized carbons (Fsp3) is 0.667. The van der Waals surface area contributed by atoms with Crippen LogP contribution >= 0.6 is 11.6 Å². The van der Waals surface area contributed by atoms with E-state index in [9.17, 15) is 0 Å². The third-order valence-electron chi connectivity index (χ3n) is 4.65. The van der Waals surface area contributed by atoms with Gasteiger partial charge in [-0.1, -0.05) is 17.7 Å². The third-order valence-corrected chi connectivity index (χ3v) is 4.94. The molecule has 3 rings (SSSR count). The van der Waals surface area contributed by atoms with Crippen molar-refractivity contribution in [3.63, 3.8) is 0 Å². The van der Waals surface area contributed by atoms with Crippen LogP contribution in [0.15, 0.2) is 18.2 Å². The Morgan fingerprint density at radius 2 is 2.00 bits per heavy atom. The number of nitrogens with zero attached hydrogens (tertiary/aromatic N) is 1. The molecular weight excluding hydrogens is 312 g/mol. The monoisotopic (exact) mass is 338 g/mol. The maximum Gasteiger partial charge on any atom is 0.138 e. The van der Waals surface area contributed by atoms with E-state index in [2.05, 4.69) is 11.0 Å². The van der Waals surface area contributed by atoms with Crippen LogP contribution < -0.4 is 10.5 Å². The van der Waals surface area contributed by atoms with Crippen molar-refractivity contribution in [2.24, 2.45) is 5.73 Å². The molecule has 23 heavy (non-hydrogen) atoms. The largest absolute Gasteiger partial charge is 0.489 e. The van der Waals surface area contributed by atoms with E-state index in [0.29, 0.717) is 5.02 Å². The van der Waals surface area contributed by atoms with Gasteiger partial charge in [0.05, 0.1) is 18.2 Å². The van der Waals surface area contributed by atoms with E-state index >= 15 is 0 Å². The molecule has 0 aromatic heterocycles. The summed E-state index contributed by atoms with van der Waals surface area (Å²) in [4.78, 5) is 2.45. The minimum absolute atomic E-state index is 0.159. The minimum Gasteiger partial charge on any atom is -0.489 e. The SMILES string of the molecule is NC(Cc1ccc(OC2CCOCC2)c(Cl)c1)CN1CCCC1. The Morgan fingerprint density at radius 3 is 2.70 bits per heavy atom. The van der Waals surface area contributed by atoms with Crippen LogP contribution in [0, 0.1) is 0 Å². The van der Waals surface area contributed by atoms with E-state index < -0.39 is 0 Å². The standard InChI is InChI=1S/C18H27ClN2O2/c19-17-12-14(11-15(20)13-21-7-1-2-8-21)3-4-18(17)23-16-5-9-22-10-6-16/h3-4,12,15-16H,1-2,5-11,13,20H2. The van der Waals surface area contributed by atoms with Crippen LogP contribution in [-0.4, -0.2) is 49.9 Å². The Bertz CT molecular complexity index is 500. The molecule has 1 atom stereocenters. The molecule has 2 fully saturated rings. The first-order valence-electron chi connectivity index (χ1n) is 8.71. The van der Waals surface area contributed by atoms with Crippen LogP contribution in [-0.2, 0) is 11.2 Å². The maximum atomic E-state index is 6.39. The molecule has 0 radical (unpaired) electrons. The lowest BCUT2D eigenvalue weighted by atomic mass is 10.1. The highest BCUT2D eigenvalue weighted by atomic mass is 35.5. The number of hydrogen-bond donors (Lipinski definition) is 1. The Kier molecular flexibility index (Phi) is 6.17. The van der Waals surface area contributed by atoms with Gasteiger partial charge in [0.25, 0.3) is 0 Å². The van der Waals surface area contributed by atoms with E-state index in [1.165, 1.54) is 31.5 Å². The summed E-state index contributed by atoms with van der Waals surface area (Å²) in [6, 6.07) is 6.23. The van der Waals surface area contributed by atoms with Crippen molar-refractivity contribution >= 4 is 11.6 Å². The van der Waals surface area contributed by atoms with Crippen LogP contribution in [0.25, 0.3) is 0 Å². The van der Waals surface area contributed by atoms with Gasteiger partial charge in [-0.05, 0) is 50.0 Å². The first-order valence-corrected chi connectivity index (χ1v) is 9.09. The highest BCUT2D eigenvalue weighted by Gasteiger charge is 2.18. The van der Waals surface area contributed by atoms with Crippen LogP contribution in [0.4, 0.5) is 0 Å². The van der Waals surface area contributed by atoms with Gasteiger partial charge in [-0.3, -0.25) is 0 Å². The lowest BCUT2D eigenvalue weighted by Gasteiger charge is -2.24. The van der Waals surface area contributed by atoms with Crippen LogP contribution in [0.3, 0.4) is 0 Å². The summed E-state index contributed by atoms with van der Waals surface area (Å²) >= 11 is 6.39. The number of ether oxygens (including phenoxy) is 2. The molecule has 2 aliphatic rings. The average Bonchev–Trinajstić information content (AvgIpc) is 3.04. The van der Waals surface area contributed by atoms with Gasteiger partial charge in [0, 0.05) is 25.4 Å². The van der Waals surface area contributed by atoms with Gasteiger partial charge in [-0.25, -0.2) is 0 Å². The summed E-state index contributed by atoms with van der Waals surface area (Å²) in [5, 5.41) is 0.683. The molecule has 2 N–H and O–H groups in total. The topological polar surface area (TPSA) is 47.7 Å². The number of nitrogens with two attached hydrogens (primary N) is 1. The van der Waals surface area contributed by atoms with Gasteiger partial charge in [0.15, 0.2) is 0 Å². The van der Waals surface area contributed by atoms with Crippen molar-refractivity contribution in [2.75, 3.05) is 32.8 Å². The molecule has 0 amide bonds. The fourth-order valence-electron chi connectivity index (χ4n) is 3.40. The van der Waals surface area contributed by atoms with Gasteiger partial charge in [-0.15, -0.1) is 0 Å². The predicted octanol–water partition coefficient (Wildman–Crippen LogP) is 2.86. The Hall–Kier alpha value is -0.810. The number of hydrogen-bond acceptors (Lipinski definition) is 4. The second-order valence-corrected chi connectivity index (χ2v) is 7.07. The Labute approximate surface area is 143 Å².